The normalized spacial score (nSPS) is 59.4. The van der Waals surface area contributed by atoms with Crippen LogP contribution in [-0.4, -0.2) is 257 Å². The minimum atomic E-state index is -1.81. The Bertz CT molecular complexity index is 1860. The standard InChI is InChI=1S/C51H84O23/c52-15-34-41(65)44(68)45(69)51(72-34)71-33-12-20-24(57)13-29(62)36(49(20)73-46(33)16-1-4-21(54)25(58)7-16)40-38-31(64)14-30(63)37(50(38)74-48(43(40)67)18-3-6-23(56)27(60)9-18)39-35-28(61)10-19(53)11-32(35)70-47(42(39)66)17-2-5-22(55)26(59)8-17/h16-69H,1-15H2. The van der Waals surface area contributed by atoms with Gasteiger partial charge in [-0.2, -0.15) is 0 Å². The number of hydrogen-bond acceptors (Lipinski definition) is 23. The van der Waals surface area contributed by atoms with E-state index in [-0.39, 0.29) is 77.0 Å². The molecule has 10 fully saturated rings. The maximum absolute atomic E-state index is 13.1. The van der Waals surface area contributed by atoms with Crippen molar-refractivity contribution in [2.24, 2.45) is 59.2 Å². The van der Waals surface area contributed by atoms with Crippen molar-refractivity contribution >= 4 is 0 Å². The molecular weight excluding hydrogens is 981 g/mol. The molecule has 0 aromatic heterocycles. The molecule has 4 saturated heterocycles. The number of ether oxygens (including phenoxy) is 5. The Hall–Kier alpha value is -0.920. The monoisotopic (exact) mass is 1060 g/mol. The van der Waals surface area contributed by atoms with Gasteiger partial charge in [0.05, 0.1) is 135 Å². The molecule has 0 radical (unpaired) electrons. The van der Waals surface area contributed by atoms with Gasteiger partial charge in [0.15, 0.2) is 6.29 Å². The molecule has 23 nitrogen and oxygen atoms in total. The van der Waals surface area contributed by atoms with E-state index in [4.69, 9.17) is 23.7 Å². The van der Waals surface area contributed by atoms with Gasteiger partial charge in [-0.1, -0.05) is 0 Å². The van der Waals surface area contributed by atoms with Crippen molar-refractivity contribution in [3.63, 3.8) is 0 Å². The Morgan fingerprint density at radius 2 is 0.784 bits per heavy atom. The highest BCUT2D eigenvalue weighted by molar-refractivity contribution is 5.15. The molecule has 4 aliphatic heterocycles. The fourth-order valence-corrected chi connectivity index (χ4v) is 16.6. The smallest absolute Gasteiger partial charge is 0.187 e. The summed E-state index contributed by atoms with van der Waals surface area (Å²) in [5, 5.41) is 205. The van der Waals surface area contributed by atoms with E-state index in [1.807, 2.05) is 0 Å². The van der Waals surface area contributed by atoms with Crippen LogP contribution in [0.3, 0.4) is 0 Å². The van der Waals surface area contributed by atoms with Crippen LogP contribution in [0.15, 0.2) is 0 Å². The predicted molar refractivity (Wildman–Crippen MR) is 248 cm³/mol. The summed E-state index contributed by atoms with van der Waals surface area (Å²) in [6.45, 7) is -0.736. The van der Waals surface area contributed by atoms with Crippen molar-refractivity contribution in [3.05, 3.63) is 0 Å². The first-order valence-electron chi connectivity index (χ1n) is 27.6. The van der Waals surface area contributed by atoms with E-state index in [1.165, 1.54) is 0 Å². The molecule has 36 unspecified atom stereocenters. The lowest BCUT2D eigenvalue weighted by molar-refractivity contribution is -0.343. The second kappa shape index (κ2) is 22.6. The Balaban J connectivity index is 1.04. The molecule has 6 saturated carbocycles. The highest BCUT2D eigenvalue weighted by Gasteiger charge is 2.67. The fraction of sp³-hybridized carbons (Fsp3) is 1.00. The number of rotatable bonds is 8. The molecule has 0 aromatic rings. The Kier molecular flexibility index (Phi) is 17.2. The zero-order chi connectivity index (χ0) is 52.9. The van der Waals surface area contributed by atoms with Crippen molar-refractivity contribution in [1.29, 1.82) is 0 Å². The van der Waals surface area contributed by atoms with Gasteiger partial charge in [0, 0.05) is 41.4 Å². The lowest BCUT2D eigenvalue weighted by atomic mass is 9.52. The second-order valence-electron chi connectivity index (χ2n) is 24.5. The summed E-state index contributed by atoms with van der Waals surface area (Å²) >= 11 is 0. The van der Waals surface area contributed by atoms with Gasteiger partial charge >= 0.3 is 0 Å². The Morgan fingerprint density at radius 1 is 0.324 bits per heavy atom. The lowest BCUT2D eigenvalue weighted by Gasteiger charge is -2.63. The van der Waals surface area contributed by atoms with Crippen LogP contribution < -0.4 is 0 Å². The molecule has 426 valence electrons. The predicted octanol–water partition coefficient (Wildman–Crippen LogP) is -5.77. The number of hydrogen-bond donors (Lipinski definition) is 18. The first-order chi connectivity index (χ1) is 35.2. The molecule has 36 atom stereocenters. The summed E-state index contributed by atoms with van der Waals surface area (Å²) in [6, 6.07) is 0. The van der Waals surface area contributed by atoms with Crippen molar-refractivity contribution in [1.82, 2.24) is 0 Å². The number of fused-ring (bicyclic) bond motifs is 3. The maximum Gasteiger partial charge on any atom is 0.187 e. The lowest BCUT2D eigenvalue weighted by Crippen LogP contribution is -2.72. The van der Waals surface area contributed by atoms with Crippen LogP contribution in [0, 0.1) is 59.2 Å². The summed E-state index contributed by atoms with van der Waals surface area (Å²) in [6.07, 6.45) is -32.3. The van der Waals surface area contributed by atoms with Crippen molar-refractivity contribution in [3.8, 4) is 0 Å². The van der Waals surface area contributed by atoms with Gasteiger partial charge in [0.2, 0.25) is 0 Å². The van der Waals surface area contributed by atoms with Crippen LogP contribution in [0.1, 0.15) is 89.9 Å². The van der Waals surface area contributed by atoms with E-state index in [0.717, 1.165) is 0 Å². The van der Waals surface area contributed by atoms with Crippen LogP contribution in [0.2, 0.25) is 0 Å². The van der Waals surface area contributed by atoms with Gasteiger partial charge in [-0.15, -0.1) is 0 Å². The first kappa shape index (κ1) is 56.4. The molecular formula is C51H84O23. The van der Waals surface area contributed by atoms with E-state index in [2.05, 4.69) is 0 Å². The average Bonchev–Trinajstić information content (AvgIpc) is 3.35. The summed E-state index contributed by atoms with van der Waals surface area (Å²) in [4.78, 5) is 0. The van der Waals surface area contributed by atoms with Crippen LogP contribution in [0.4, 0.5) is 0 Å². The van der Waals surface area contributed by atoms with E-state index in [1.54, 1.807) is 0 Å². The third-order valence-corrected chi connectivity index (χ3v) is 20.3. The van der Waals surface area contributed by atoms with Crippen LogP contribution in [0.25, 0.3) is 0 Å². The summed E-state index contributed by atoms with van der Waals surface area (Å²) in [5.41, 5.74) is 0. The summed E-state index contributed by atoms with van der Waals surface area (Å²) < 4.78 is 33.0. The molecule has 23 heteroatoms. The number of aliphatic hydroxyl groups excluding tert-OH is 18. The molecule has 0 bridgehead atoms. The van der Waals surface area contributed by atoms with Crippen LogP contribution >= 0.6 is 0 Å². The topological polar surface area (TPSA) is 410 Å². The van der Waals surface area contributed by atoms with Gasteiger partial charge in [0.1, 0.15) is 24.4 Å². The third-order valence-electron chi connectivity index (χ3n) is 20.3. The third kappa shape index (κ3) is 10.3. The largest absolute Gasteiger partial charge is 0.394 e. The van der Waals surface area contributed by atoms with Gasteiger partial charge in [-0.25, -0.2) is 0 Å². The molecule has 4 heterocycles. The molecule has 0 spiro atoms. The quantitative estimate of drug-likeness (QED) is 0.108. The molecule has 0 aromatic carbocycles. The van der Waals surface area contributed by atoms with Crippen molar-refractivity contribution in [2.45, 2.75) is 249 Å². The molecule has 6 aliphatic carbocycles. The summed E-state index contributed by atoms with van der Waals surface area (Å²) in [7, 11) is 0. The van der Waals surface area contributed by atoms with Crippen molar-refractivity contribution in [2.75, 3.05) is 6.61 Å². The van der Waals surface area contributed by atoms with Gasteiger partial charge in [0.25, 0.3) is 0 Å². The van der Waals surface area contributed by atoms with Gasteiger partial charge in [-0.3, -0.25) is 0 Å². The Morgan fingerprint density at radius 3 is 1.31 bits per heavy atom. The molecule has 10 aliphatic rings. The molecule has 18 N–H and O–H groups in total. The second-order valence-corrected chi connectivity index (χ2v) is 24.5. The fourth-order valence-electron chi connectivity index (χ4n) is 16.6. The van der Waals surface area contributed by atoms with E-state index in [9.17, 15) is 91.9 Å². The minimum absolute atomic E-state index is 0.00814. The number of aliphatic hydroxyl groups is 18. The molecule has 0 amide bonds. The van der Waals surface area contributed by atoms with Crippen molar-refractivity contribution < 1.29 is 116 Å². The van der Waals surface area contributed by atoms with Gasteiger partial charge < -0.3 is 116 Å². The van der Waals surface area contributed by atoms with E-state index >= 15 is 0 Å². The zero-order valence-corrected chi connectivity index (χ0v) is 41.5. The molecule has 74 heavy (non-hydrogen) atoms. The van der Waals surface area contributed by atoms with Crippen LogP contribution in [0.5, 0.6) is 0 Å². The van der Waals surface area contributed by atoms with E-state index in [0.29, 0.717) is 12.8 Å². The highest BCUT2D eigenvalue weighted by Crippen LogP contribution is 2.58. The molecule has 10 rings (SSSR count). The van der Waals surface area contributed by atoms with Gasteiger partial charge in [-0.05, 0) is 108 Å². The van der Waals surface area contributed by atoms with Crippen LogP contribution in [-0.2, 0) is 23.7 Å². The zero-order valence-electron chi connectivity index (χ0n) is 41.5. The average molecular weight is 1070 g/mol. The maximum atomic E-state index is 13.1. The highest BCUT2D eigenvalue weighted by atomic mass is 16.7. The minimum Gasteiger partial charge on any atom is -0.394 e. The Labute approximate surface area is 429 Å². The first-order valence-corrected chi connectivity index (χ1v) is 27.6. The SMILES string of the molecule is OCC1OC(OC2CC3C(O)CC(O)C(C4C(O)C(C5CCC(O)C(O)C5)OC5C(C6C(O)C(C7CCC(O)C(O)C7)OC7CC(O)CC(O)C76)C(O)CC(O)C54)C3OC2C2CCC(O)C(O)C2)C(O)C(O)C1O. The summed E-state index contributed by atoms with van der Waals surface area (Å²) in [5.74, 6) is -9.13. The van der Waals surface area contributed by atoms with E-state index < -0.39 is 225 Å².